The number of nitrogens with two attached hydrogens (primary N) is 1. The number of para-hydroxylation sites is 2. The molecule has 3 fully saturated rings. The van der Waals surface area contributed by atoms with E-state index in [0.717, 1.165) is 31.4 Å². The molecule has 4 heterocycles. The summed E-state index contributed by atoms with van der Waals surface area (Å²) in [6.45, 7) is 3.30. The second-order valence-electron chi connectivity index (χ2n) is 13.8. The quantitative estimate of drug-likeness (QED) is 0.237. The molecule has 3 saturated heterocycles. The van der Waals surface area contributed by atoms with Crippen molar-refractivity contribution in [3.8, 4) is 0 Å². The number of nitrogens with one attached hydrogen (secondary N) is 1. The number of halogens is 6. The lowest BCUT2D eigenvalue weighted by Gasteiger charge is -2.41. The number of alkyl halides is 6. The Balaban J connectivity index is 1.21. The van der Waals surface area contributed by atoms with Gasteiger partial charge >= 0.3 is 18.0 Å². The molecule has 272 valence electrons. The van der Waals surface area contributed by atoms with E-state index in [4.69, 9.17) is 5.73 Å². The standard InChI is InChI=1S/C35H42F6N6O3/c36-34(37,38)26-19-22(20-27(31(26)42)35(39,40)41)18-23(32(49)46-16-8-24(9-17-46)44-12-4-1-5-13-44)21-30(48)45-14-10-25(11-15-45)47-29-7-3-2-6-28(29)43-33(47)50/h2-3,6-7,19-20,23-25H,1,4-5,8-18,21,42H2,(H,43,50)/t23-/m0/s1. The van der Waals surface area contributed by atoms with Crippen molar-refractivity contribution in [3.05, 3.63) is 63.6 Å². The van der Waals surface area contributed by atoms with Crippen LogP contribution in [0.1, 0.15) is 74.1 Å². The molecule has 3 aliphatic heterocycles. The molecule has 15 heteroatoms. The molecule has 3 aromatic rings. The van der Waals surface area contributed by atoms with E-state index in [-0.39, 0.29) is 36.8 Å². The minimum atomic E-state index is -5.16. The monoisotopic (exact) mass is 708 g/mol. The Morgan fingerprint density at radius 2 is 1.36 bits per heavy atom. The minimum Gasteiger partial charge on any atom is -0.398 e. The van der Waals surface area contributed by atoms with Gasteiger partial charge in [0.2, 0.25) is 11.8 Å². The van der Waals surface area contributed by atoms with Crippen molar-refractivity contribution in [3.63, 3.8) is 0 Å². The van der Waals surface area contributed by atoms with Gasteiger partial charge in [-0.2, -0.15) is 26.3 Å². The Bertz CT molecular complexity index is 1710. The van der Waals surface area contributed by atoms with Crippen LogP contribution in [0, 0.1) is 5.92 Å². The number of aromatic amines is 1. The fourth-order valence-corrected chi connectivity index (χ4v) is 7.97. The number of carbonyl (C=O) groups excluding carboxylic acids is 2. The first-order chi connectivity index (χ1) is 23.7. The Morgan fingerprint density at radius 3 is 1.96 bits per heavy atom. The van der Waals surface area contributed by atoms with Gasteiger partial charge in [0, 0.05) is 44.7 Å². The number of amides is 2. The number of fused-ring (bicyclic) bond motifs is 1. The molecule has 6 rings (SSSR count). The number of anilines is 1. The minimum absolute atomic E-state index is 0.183. The predicted octanol–water partition coefficient (Wildman–Crippen LogP) is 5.84. The summed E-state index contributed by atoms with van der Waals surface area (Å²) in [6.07, 6.45) is -5.49. The van der Waals surface area contributed by atoms with E-state index in [1.165, 1.54) is 6.42 Å². The lowest BCUT2D eigenvalue weighted by atomic mass is 9.90. The third-order valence-electron chi connectivity index (χ3n) is 10.6. The van der Waals surface area contributed by atoms with Crippen molar-refractivity contribution in [2.75, 3.05) is 45.0 Å². The van der Waals surface area contributed by atoms with Gasteiger partial charge in [-0.25, -0.2) is 4.79 Å². The second kappa shape index (κ2) is 14.3. The van der Waals surface area contributed by atoms with Gasteiger partial charge < -0.3 is 25.4 Å². The van der Waals surface area contributed by atoms with Crippen molar-refractivity contribution in [1.82, 2.24) is 24.3 Å². The number of piperidine rings is 3. The van der Waals surface area contributed by atoms with Gasteiger partial charge in [0.1, 0.15) is 0 Å². The highest BCUT2D eigenvalue weighted by atomic mass is 19.4. The van der Waals surface area contributed by atoms with Crippen molar-refractivity contribution < 1.29 is 35.9 Å². The number of carbonyl (C=O) groups is 2. The molecular weight excluding hydrogens is 666 g/mol. The highest BCUT2D eigenvalue weighted by Crippen LogP contribution is 2.42. The number of benzene rings is 2. The van der Waals surface area contributed by atoms with Crippen LogP contribution in [0.5, 0.6) is 0 Å². The van der Waals surface area contributed by atoms with E-state index in [2.05, 4.69) is 9.88 Å². The van der Waals surface area contributed by atoms with E-state index >= 15 is 0 Å². The van der Waals surface area contributed by atoms with Crippen LogP contribution in [0.3, 0.4) is 0 Å². The van der Waals surface area contributed by atoms with Gasteiger partial charge in [-0.3, -0.25) is 14.2 Å². The van der Waals surface area contributed by atoms with Crippen LogP contribution in [0.4, 0.5) is 32.0 Å². The second-order valence-corrected chi connectivity index (χ2v) is 13.8. The fourth-order valence-electron chi connectivity index (χ4n) is 7.97. The first kappa shape index (κ1) is 35.8. The smallest absolute Gasteiger partial charge is 0.398 e. The number of hydrogen-bond acceptors (Lipinski definition) is 5. The Labute approximate surface area is 285 Å². The third-order valence-corrected chi connectivity index (χ3v) is 10.6. The fraction of sp³-hybridized carbons (Fsp3) is 0.571. The first-order valence-corrected chi connectivity index (χ1v) is 17.3. The molecule has 2 amide bonds. The Kier molecular flexibility index (Phi) is 10.2. The van der Waals surface area contributed by atoms with Crippen LogP contribution in [0.15, 0.2) is 41.2 Å². The van der Waals surface area contributed by atoms with Gasteiger partial charge in [-0.15, -0.1) is 0 Å². The summed E-state index contributed by atoms with van der Waals surface area (Å²) >= 11 is 0. The van der Waals surface area contributed by atoms with Crippen LogP contribution in [-0.2, 0) is 28.4 Å². The summed E-state index contributed by atoms with van der Waals surface area (Å²) < 4.78 is 84.8. The molecule has 1 aromatic heterocycles. The van der Waals surface area contributed by atoms with E-state index in [9.17, 15) is 40.7 Å². The summed E-state index contributed by atoms with van der Waals surface area (Å²) in [5.41, 5.74) is 1.50. The zero-order valence-corrected chi connectivity index (χ0v) is 27.7. The Hall–Kier alpha value is -4.01. The maximum Gasteiger partial charge on any atom is 0.418 e. The number of rotatable bonds is 7. The molecule has 9 nitrogen and oxygen atoms in total. The zero-order chi connectivity index (χ0) is 35.8. The van der Waals surface area contributed by atoms with Crippen LogP contribution >= 0.6 is 0 Å². The molecule has 2 aromatic carbocycles. The number of aromatic nitrogens is 2. The summed E-state index contributed by atoms with van der Waals surface area (Å²) in [5.74, 6) is -2.07. The summed E-state index contributed by atoms with van der Waals surface area (Å²) in [6, 6.07) is 8.51. The predicted molar refractivity (Wildman–Crippen MR) is 175 cm³/mol. The average molecular weight is 709 g/mol. The zero-order valence-electron chi connectivity index (χ0n) is 27.7. The highest BCUT2D eigenvalue weighted by Gasteiger charge is 2.42. The molecule has 1 atom stereocenters. The van der Waals surface area contributed by atoms with Gasteiger partial charge in [0.05, 0.1) is 33.8 Å². The number of H-pyrrole nitrogens is 1. The first-order valence-electron chi connectivity index (χ1n) is 17.3. The van der Waals surface area contributed by atoms with E-state index in [1.807, 2.05) is 18.2 Å². The van der Waals surface area contributed by atoms with Crippen LogP contribution in [0.25, 0.3) is 11.0 Å². The van der Waals surface area contributed by atoms with Gasteiger partial charge in [-0.05, 0) is 87.9 Å². The SMILES string of the molecule is Nc1c(C(F)(F)F)cc(C[C@@H](CC(=O)N2CCC(n3c(=O)[nH]c4ccccc43)CC2)C(=O)N2CCC(N3CCCCC3)CC2)cc1C(F)(F)F. The number of hydrogen-bond donors (Lipinski definition) is 2. The van der Waals surface area contributed by atoms with Gasteiger partial charge in [-0.1, -0.05) is 18.6 Å². The van der Waals surface area contributed by atoms with E-state index < -0.39 is 53.3 Å². The van der Waals surface area contributed by atoms with Crippen LogP contribution in [-0.4, -0.2) is 81.4 Å². The maximum absolute atomic E-state index is 14.0. The summed E-state index contributed by atoms with van der Waals surface area (Å²) in [7, 11) is 0. The summed E-state index contributed by atoms with van der Waals surface area (Å²) in [5, 5.41) is 0. The number of imidazole rings is 1. The van der Waals surface area contributed by atoms with Gasteiger partial charge in [0.25, 0.3) is 0 Å². The molecule has 0 spiro atoms. The van der Waals surface area contributed by atoms with Crippen LogP contribution in [0.2, 0.25) is 0 Å². The van der Waals surface area contributed by atoms with E-state index in [0.29, 0.717) is 62.5 Å². The largest absolute Gasteiger partial charge is 0.418 e. The molecule has 0 radical (unpaired) electrons. The molecule has 0 unspecified atom stereocenters. The Morgan fingerprint density at radius 1 is 0.800 bits per heavy atom. The number of nitrogens with zero attached hydrogens (tertiary/aromatic N) is 4. The third kappa shape index (κ3) is 7.66. The number of nitrogen functional groups attached to an aromatic ring is 1. The molecule has 0 saturated carbocycles. The van der Waals surface area contributed by atoms with Crippen molar-refractivity contribution in [1.29, 1.82) is 0 Å². The molecule has 50 heavy (non-hydrogen) atoms. The van der Waals surface area contributed by atoms with Gasteiger partial charge in [0.15, 0.2) is 0 Å². The van der Waals surface area contributed by atoms with Crippen molar-refractivity contribution in [2.45, 2.75) is 82.2 Å². The summed E-state index contributed by atoms with van der Waals surface area (Å²) in [4.78, 5) is 48.9. The molecule has 3 N–H and O–H groups in total. The molecule has 3 aliphatic rings. The lowest BCUT2D eigenvalue weighted by molar-refractivity contribution is -0.143. The average Bonchev–Trinajstić information content (AvgIpc) is 3.43. The van der Waals surface area contributed by atoms with Crippen molar-refractivity contribution in [2.24, 2.45) is 5.92 Å². The molecule has 0 aliphatic carbocycles. The lowest BCUT2D eigenvalue weighted by Crippen LogP contribution is -2.50. The molecule has 0 bridgehead atoms. The normalized spacial score (nSPS) is 19.6. The number of likely N-dealkylation sites (tertiary alicyclic amines) is 3. The topological polar surface area (TPSA) is 108 Å². The van der Waals surface area contributed by atoms with E-state index in [1.54, 1.807) is 20.4 Å². The van der Waals surface area contributed by atoms with Crippen molar-refractivity contribution >= 4 is 28.5 Å². The van der Waals surface area contributed by atoms with Crippen LogP contribution < -0.4 is 11.4 Å². The maximum atomic E-state index is 14.0. The molecular formula is C35H42F6N6O3. The highest BCUT2D eigenvalue weighted by molar-refractivity contribution is 5.86.